The van der Waals surface area contributed by atoms with Crippen LogP contribution in [-0.4, -0.2) is 79.3 Å². The number of aliphatic hydroxyl groups excluding tert-OH is 1. The monoisotopic (exact) mass is 1160 g/mol. The molecule has 2 N–H and O–H groups in total. The van der Waals surface area contributed by atoms with Crippen molar-refractivity contribution >= 4 is 35.8 Å². The molecule has 0 spiro atoms. The van der Waals surface area contributed by atoms with Gasteiger partial charge in [-0.2, -0.15) is 0 Å². The maximum Gasteiger partial charge on any atom is 0.306 e. The molecule has 12 nitrogen and oxygen atoms in total. The maximum atomic E-state index is 17.1. The van der Waals surface area contributed by atoms with Gasteiger partial charge in [0.15, 0.2) is 12.4 Å². The van der Waals surface area contributed by atoms with Crippen LogP contribution < -0.4 is 15.9 Å². The Morgan fingerprint density at radius 3 is 1.43 bits per heavy atom. The van der Waals surface area contributed by atoms with Crippen molar-refractivity contribution < 1.29 is 56.7 Å². The van der Waals surface area contributed by atoms with Crippen LogP contribution in [0.4, 0.5) is 4.39 Å². The van der Waals surface area contributed by atoms with Crippen molar-refractivity contribution in [1.82, 2.24) is 5.32 Å². The first kappa shape index (κ1) is 70.5. The molecule has 0 bridgehead atoms. The Bertz CT molecular complexity index is 2080. The second kappa shape index (κ2) is 44.5. The number of carbonyl (C=O) groups is 3. The Balaban J connectivity index is 1.58. The molecule has 0 saturated carbocycles. The second-order valence-corrected chi connectivity index (χ2v) is 25.1. The quantitative estimate of drug-likeness (QED) is 0.0240. The summed E-state index contributed by atoms with van der Waals surface area (Å²) >= 11 is 0. The topological polar surface area (TPSA) is 156 Å². The number of ether oxygens (including phenoxy) is 5. The van der Waals surface area contributed by atoms with Crippen molar-refractivity contribution in [1.29, 1.82) is 0 Å². The highest BCUT2D eigenvalue weighted by Gasteiger charge is 2.53. The first-order valence-electron chi connectivity index (χ1n) is 32.4. The first-order valence-corrected chi connectivity index (χ1v) is 34.0. The Labute approximate surface area is 494 Å². The van der Waals surface area contributed by atoms with Crippen LogP contribution in [0.2, 0.25) is 0 Å². The number of hydrogen-bond acceptors (Lipinski definition) is 11. The van der Waals surface area contributed by atoms with Crippen LogP contribution in [0.5, 0.6) is 0 Å². The fraction of sp³-hybridized carbons (Fsp3) is 0.691. The molecule has 14 heteroatoms. The first-order chi connectivity index (χ1) is 40.1. The highest BCUT2D eigenvalue weighted by atomic mass is 31.2. The zero-order valence-electron chi connectivity index (χ0n) is 50.7. The van der Waals surface area contributed by atoms with E-state index >= 15 is 8.96 Å². The van der Waals surface area contributed by atoms with Crippen LogP contribution >= 0.6 is 7.37 Å². The van der Waals surface area contributed by atoms with E-state index in [1.54, 1.807) is 60.7 Å². The second-order valence-electron chi connectivity index (χ2n) is 22.8. The van der Waals surface area contributed by atoms with E-state index in [1.807, 2.05) is 30.3 Å². The molecule has 1 aliphatic rings. The molecular weight excluding hydrogens is 1060 g/mol. The minimum atomic E-state index is -4.11. The molecule has 3 aromatic rings. The van der Waals surface area contributed by atoms with Crippen LogP contribution in [-0.2, 0) is 53.8 Å². The molecule has 1 saturated heterocycles. The van der Waals surface area contributed by atoms with Gasteiger partial charge in [-0.1, -0.05) is 267 Å². The summed E-state index contributed by atoms with van der Waals surface area (Å²) in [4.78, 5) is 42.1. The molecule has 0 aliphatic carbocycles. The van der Waals surface area contributed by atoms with Gasteiger partial charge in [0.25, 0.3) is 13.3 Å². The van der Waals surface area contributed by atoms with Crippen molar-refractivity contribution in [3.05, 3.63) is 96.6 Å². The van der Waals surface area contributed by atoms with Crippen LogP contribution in [0.1, 0.15) is 245 Å². The third kappa shape index (κ3) is 28.7. The summed E-state index contributed by atoms with van der Waals surface area (Å²) in [7, 11) is -4.11. The molecule has 0 aromatic heterocycles. The SMILES string of the molecule is CCCCCCCCCCCCCC(=O)O[C@H]1[C@H](OP(=O)(c2ccccc2)c2ccccc2)[C@@H](COCOCc2ccccc2)OC(O)[C@@H]1NC(=O)[C@@H](F)[C@@H](CCCCCCCCCCC)OC(=O)CCCCCCCCCCCCC. The fourth-order valence-electron chi connectivity index (χ4n) is 10.8. The lowest BCUT2D eigenvalue weighted by Crippen LogP contribution is -2.67. The predicted molar refractivity (Wildman–Crippen MR) is 328 cm³/mol. The summed E-state index contributed by atoms with van der Waals surface area (Å²) in [5.41, 5.74) is 0.923. The lowest BCUT2D eigenvalue weighted by atomic mass is 9.96. The molecule has 1 aliphatic heterocycles. The molecule has 1 unspecified atom stereocenters. The normalized spacial score (nSPS) is 18.0. The zero-order chi connectivity index (χ0) is 58.7. The summed E-state index contributed by atoms with van der Waals surface area (Å²) in [6.07, 6.45) is 23.7. The summed E-state index contributed by atoms with van der Waals surface area (Å²) in [6, 6.07) is 25.2. The number of hydrogen-bond donors (Lipinski definition) is 2. The number of amides is 1. The van der Waals surface area contributed by atoms with E-state index in [0.29, 0.717) is 29.9 Å². The van der Waals surface area contributed by atoms with Crippen LogP contribution in [0, 0.1) is 0 Å². The van der Waals surface area contributed by atoms with Gasteiger partial charge in [0, 0.05) is 23.5 Å². The van der Waals surface area contributed by atoms with E-state index in [0.717, 1.165) is 76.2 Å². The summed E-state index contributed by atoms with van der Waals surface area (Å²) < 4.78 is 70.0. The molecule has 0 radical (unpaired) electrons. The molecule has 3 aromatic carbocycles. The molecule has 4 rings (SSSR count). The molecule has 82 heavy (non-hydrogen) atoms. The zero-order valence-corrected chi connectivity index (χ0v) is 51.6. The van der Waals surface area contributed by atoms with Gasteiger partial charge in [-0.05, 0) is 55.5 Å². The van der Waals surface area contributed by atoms with E-state index in [4.69, 9.17) is 28.2 Å². The Morgan fingerprint density at radius 2 is 0.963 bits per heavy atom. The molecular formula is C68H107FNO11P. The number of rotatable bonds is 49. The summed E-state index contributed by atoms with van der Waals surface area (Å²) in [6.45, 7) is 6.41. The average molecular weight is 1160 g/mol. The number of nitrogens with one attached hydrogen (secondary N) is 1. The lowest BCUT2D eigenvalue weighted by molar-refractivity contribution is -0.260. The highest BCUT2D eigenvalue weighted by molar-refractivity contribution is 7.74. The van der Waals surface area contributed by atoms with Crippen LogP contribution in [0.3, 0.4) is 0 Å². The molecule has 1 amide bonds. The number of benzene rings is 3. The van der Waals surface area contributed by atoms with Crippen molar-refractivity contribution in [2.45, 2.75) is 289 Å². The van der Waals surface area contributed by atoms with E-state index in [2.05, 4.69) is 26.1 Å². The Hall–Kier alpha value is -3.97. The van der Waals surface area contributed by atoms with Gasteiger partial charge in [0.05, 0.1) is 13.2 Å². The number of halogens is 1. The van der Waals surface area contributed by atoms with Gasteiger partial charge in [-0.25, -0.2) is 4.39 Å². The number of unbranched alkanes of at least 4 members (excludes halogenated alkanes) is 28. The average Bonchev–Trinajstić information content (AvgIpc) is 2.92. The molecule has 462 valence electrons. The molecule has 1 fully saturated rings. The van der Waals surface area contributed by atoms with Crippen molar-refractivity contribution in [2.75, 3.05) is 13.4 Å². The molecule has 1 heterocycles. The van der Waals surface area contributed by atoms with E-state index in [1.165, 1.54) is 109 Å². The smallest absolute Gasteiger partial charge is 0.306 e. The van der Waals surface area contributed by atoms with Gasteiger partial charge in [0.2, 0.25) is 6.17 Å². The lowest BCUT2D eigenvalue weighted by Gasteiger charge is -2.45. The summed E-state index contributed by atoms with van der Waals surface area (Å²) in [5.74, 6) is -2.39. The van der Waals surface area contributed by atoms with E-state index < -0.39 is 68.1 Å². The van der Waals surface area contributed by atoms with Crippen LogP contribution in [0.25, 0.3) is 0 Å². The minimum absolute atomic E-state index is 0.0169. The van der Waals surface area contributed by atoms with Gasteiger partial charge >= 0.3 is 11.9 Å². The van der Waals surface area contributed by atoms with Gasteiger partial charge in [0.1, 0.15) is 31.1 Å². The number of carbonyl (C=O) groups excluding carboxylic acids is 3. The number of aliphatic hydroxyl groups is 1. The molecule has 7 atom stereocenters. The third-order valence-electron chi connectivity index (χ3n) is 15.7. The van der Waals surface area contributed by atoms with Gasteiger partial charge in [-0.3, -0.25) is 18.9 Å². The Morgan fingerprint density at radius 1 is 0.549 bits per heavy atom. The largest absolute Gasteiger partial charge is 0.459 e. The van der Waals surface area contributed by atoms with E-state index in [9.17, 15) is 19.5 Å². The van der Waals surface area contributed by atoms with E-state index in [-0.39, 0.29) is 39.3 Å². The van der Waals surface area contributed by atoms with Gasteiger partial charge < -0.3 is 38.6 Å². The van der Waals surface area contributed by atoms with Crippen molar-refractivity contribution in [3.8, 4) is 0 Å². The predicted octanol–water partition coefficient (Wildman–Crippen LogP) is 16.2. The highest BCUT2D eigenvalue weighted by Crippen LogP contribution is 2.48. The standard InChI is InChI=1S/C68H107FNO11P/c1-4-7-10-13-16-19-21-24-27-30-42-51-61(71)78-59(50-41-29-26-23-18-15-12-9-6-3)63(69)67(73)70-64-66(80-62(72)52-43-31-28-25-22-20-17-14-11-8-5-2)65(60(79-68(64)74)54-77-55-76-53-56-44-35-32-36-45-56)81-82(75,57-46-37-33-38-47-57)58-48-39-34-40-49-58/h32-40,44-49,59-60,63-66,68,74H,4-31,41-43,50-55H2,1-3H3,(H,70,73)/t59-,60-,63+,64-,65-,66-,68?/m1/s1. The summed E-state index contributed by atoms with van der Waals surface area (Å²) in [5, 5.41) is 15.3. The minimum Gasteiger partial charge on any atom is -0.459 e. The van der Waals surface area contributed by atoms with Crippen molar-refractivity contribution in [3.63, 3.8) is 0 Å². The third-order valence-corrected chi connectivity index (χ3v) is 18.2. The Kier molecular flexibility index (Phi) is 38.3. The fourth-order valence-corrected chi connectivity index (χ4v) is 13.0. The van der Waals surface area contributed by atoms with Crippen LogP contribution in [0.15, 0.2) is 91.0 Å². The maximum absolute atomic E-state index is 17.1. The van der Waals surface area contributed by atoms with Gasteiger partial charge in [-0.15, -0.1) is 0 Å². The van der Waals surface area contributed by atoms with Crippen molar-refractivity contribution in [2.24, 2.45) is 0 Å². The number of esters is 2. The number of alkyl halides is 1.